The average Bonchev–Trinajstić information content (AvgIpc) is 2.70. The van der Waals surface area contributed by atoms with Crippen molar-refractivity contribution < 1.29 is 13.9 Å². The standard InChI is InChI=1S/C11H11F2N3O/c1-2-11-10(6-17)14-15-16(11)9-4-7(12)3-8(13)5-9/h3-5,17H,2,6H2,1H3. The maximum Gasteiger partial charge on any atom is 0.128 e. The summed E-state index contributed by atoms with van der Waals surface area (Å²) >= 11 is 0. The second-order valence-electron chi connectivity index (χ2n) is 3.53. The number of halogens is 2. The number of hydrogen-bond acceptors (Lipinski definition) is 3. The Labute approximate surface area is 96.5 Å². The van der Waals surface area contributed by atoms with Gasteiger partial charge in [-0.05, 0) is 18.6 Å². The van der Waals surface area contributed by atoms with Crippen LogP contribution in [0.4, 0.5) is 8.78 Å². The topological polar surface area (TPSA) is 50.9 Å². The summed E-state index contributed by atoms with van der Waals surface area (Å²) in [5, 5.41) is 16.6. The molecule has 0 radical (unpaired) electrons. The molecule has 0 aliphatic heterocycles. The quantitative estimate of drug-likeness (QED) is 0.885. The fourth-order valence-electron chi connectivity index (χ4n) is 1.68. The predicted octanol–water partition coefficient (Wildman–Crippen LogP) is 1.60. The molecule has 6 heteroatoms. The van der Waals surface area contributed by atoms with Gasteiger partial charge in [-0.1, -0.05) is 12.1 Å². The first-order valence-corrected chi connectivity index (χ1v) is 5.16. The molecule has 0 amide bonds. The normalized spacial score (nSPS) is 10.8. The van der Waals surface area contributed by atoms with Gasteiger partial charge in [-0.25, -0.2) is 13.5 Å². The van der Waals surface area contributed by atoms with Gasteiger partial charge in [-0.2, -0.15) is 0 Å². The van der Waals surface area contributed by atoms with Crippen molar-refractivity contribution in [1.29, 1.82) is 0 Å². The Morgan fingerprint density at radius 2 is 1.88 bits per heavy atom. The van der Waals surface area contributed by atoms with Crippen LogP contribution in [0.15, 0.2) is 18.2 Å². The fourth-order valence-corrected chi connectivity index (χ4v) is 1.68. The van der Waals surface area contributed by atoms with Gasteiger partial charge >= 0.3 is 0 Å². The molecular formula is C11H11F2N3O. The van der Waals surface area contributed by atoms with Crippen molar-refractivity contribution in [2.45, 2.75) is 20.0 Å². The Kier molecular flexibility index (Phi) is 3.14. The second-order valence-corrected chi connectivity index (χ2v) is 3.53. The lowest BCUT2D eigenvalue weighted by Gasteiger charge is -2.05. The van der Waals surface area contributed by atoms with E-state index < -0.39 is 11.6 Å². The van der Waals surface area contributed by atoms with Crippen molar-refractivity contribution in [3.8, 4) is 5.69 Å². The molecule has 2 aromatic rings. The first-order valence-electron chi connectivity index (χ1n) is 5.16. The van der Waals surface area contributed by atoms with E-state index in [9.17, 15) is 8.78 Å². The maximum atomic E-state index is 13.1. The van der Waals surface area contributed by atoms with Gasteiger partial charge in [-0.15, -0.1) is 5.10 Å². The van der Waals surface area contributed by atoms with Crippen LogP contribution >= 0.6 is 0 Å². The number of benzene rings is 1. The van der Waals surface area contributed by atoms with Gasteiger partial charge in [0.05, 0.1) is 18.0 Å². The van der Waals surface area contributed by atoms with E-state index in [0.29, 0.717) is 17.8 Å². The molecule has 0 spiro atoms. The molecule has 4 nitrogen and oxygen atoms in total. The highest BCUT2D eigenvalue weighted by Crippen LogP contribution is 2.16. The summed E-state index contributed by atoms with van der Waals surface area (Å²) in [6.07, 6.45) is 0.557. The van der Waals surface area contributed by atoms with E-state index in [1.807, 2.05) is 6.92 Å². The Balaban J connectivity index is 2.55. The number of aliphatic hydroxyl groups excluding tert-OH is 1. The largest absolute Gasteiger partial charge is 0.390 e. The Morgan fingerprint density at radius 3 is 2.41 bits per heavy atom. The molecule has 1 aromatic heterocycles. The SMILES string of the molecule is CCc1c(CO)nnn1-c1cc(F)cc(F)c1. The minimum absolute atomic E-state index is 0.249. The summed E-state index contributed by atoms with van der Waals surface area (Å²) in [6, 6.07) is 3.12. The molecule has 17 heavy (non-hydrogen) atoms. The van der Waals surface area contributed by atoms with Crippen LogP contribution in [0.3, 0.4) is 0 Å². The summed E-state index contributed by atoms with van der Waals surface area (Å²) < 4.78 is 27.5. The van der Waals surface area contributed by atoms with Crippen LogP contribution in [-0.4, -0.2) is 20.1 Å². The molecule has 0 atom stereocenters. The third-order valence-electron chi connectivity index (χ3n) is 2.42. The number of nitrogens with zero attached hydrogens (tertiary/aromatic N) is 3. The average molecular weight is 239 g/mol. The Morgan fingerprint density at radius 1 is 1.24 bits per heavy atom. The molecule has 0 fully saturated rings. The van der Waals surface area contributed by atoms with Gasteiger partial charge in [0.15, 0.2) is 0 Å². The molecule has 0 bridgehead atoms. The summed E-state index contributed by atoms with van der Waals surface area (Å²) in [5.74, 6) is -1.36. The fraction of sp³-hybridized carbons (Fsp3) is 0.273. The summed E-state index contributed by atoms with van der Waals surface area (Å²) in [5.41, 5.74) is 1.31. The molecule has 2 rings (SSSR count). The second kappa shape index (κ2) is 4.58. The minimum Gasteiger partial charge on any atom is -0.390 e. The number of aliphatic hydroxyl groups is 1. The van der Waals surface area contributed by atoms with Gasteiger partial charge in [-0.3, -0.25) is 0 Å². The molecule has 90 valence electrons. The third-order valence-corrected chi connectivity index (χ3v) is 2.42. The summed E-state index contributed by atoms with van der Waals surface area (Å²) in [4.78, 5) is 0. The lowest BCUT2D eigenvalue weighted by molar-refractivity contribution is 0.275. The van der Waals surface area contributed by atoms with E-state index in [1.54, 1.807) is 0 Å². The van der Waals surface area contributed by atoms with Crippen molar-refractivity contribution in [2.75, 3.05) is 0 Å². The maximum absolute atomic E-state index is 13.1. The summed E-state index contributed by atoms with van der Waals surface area (Å²) in [7, 11) is 0. The molecule has 0 saturated heterocycles. The van der Waals surface area contributed by atoms with E-state index >= 15 is 0 Å². The molecule has 0 unspecified atom stereocenters. The van der Waals surface area contributed by atoms with Crippen LogP contribution in [0.25, 0.3) is 5.69 Å². The van der Waals surface area contributed by atoms with Gasteiger partial charge in [0.1, 0.15) is 17.3 Å². The van der Waals surface area contributed by atoms with Crippen molar-refractivity contribution in [2.24, 2.45) is 0 Å². The van der Waals surface area contributed by atoms with E-state index in [2.05, 4.69) is 10.3 Å². The van der Waals surface area contributed by atoms with Crippen molar-refractivity contribution in [3.05, 3.63) is 41.2 Å². The highest BCUT2D eigenvalue weighted by Gasteiger charge is 2.13. The first kappa shape index (κ1) is 11.7. The molecule has 1 N–H and O–H groups in total. The Hall–Kier alpha value is -1.82. The van der Waals surface area contributed by atoms with E-state index in [4.69, 9.17) is 5.11 Å². The molecule has 0 aliphatic carbocycles. The van der Waals surface area contributed by atoms with Crippen molar-refractivity contribution in [3.63, 3.8) is 0 Å². The smallest absolute Gasteiger partial charge is 0.128 e. The third kappa shape index (κ3) is 2.16. The number of aromatic nitrogens is 3. The van der Waals surface area contributed by atoms with Gasteiger partial charge in [0.2, 0.25) is 0 Å². The molecule has 0 saturated carbocycles. The molecular weight excluding hydrogens is 228 g/mol. The van der Waals surface area contributed by atoms with Crippen LogP contribution < -0.4 is 0 Å². The monoisotopic (exact) mass is 239 g/mol. The van der Waals surface area contributed by atoms with Crippen LogP contribution in [0.1, 0.15) is 18.3 Å². The van der Waals surface area contributed by atoms with Crippen LogP contribution in [0.5, 0.6) is 0 Å². The van der Waals surface area contributed by atoms with Crippen molar-refractivity contribution >= 4 is 0 Å². The number of hydrogen-bond donors (Lipinski definition) is 1. The van der Waals surface area contributed by atoms with Crippen LogP contribution in [0, 0.1) is 11.6 Å². The molecule has 1 heterocycles. The van der Waals surface area contributed by atoms with E-state index in [-0.39, 0.29) is 12.3 Å². The van der Waals surface area contributed by atoms with Gasteiger partial charge < -0.3 is 5.11 Å². The predicted molar refractivity (Wildman–Crippen MR) is 56.6 cm³/mol. The van der Waals surface area contributed by atoms with Gasteiger partial charge in [0.25, 0.3) is 0 Å². The zero-order valence-electron chi connectivity index (χ0n) is 9.19. The highest BCUT2D eigenvalue weighted by atomic mass is 19.1. The molecule has 0 aliphatic rings. The van der Waals surface area contributed by atoms with Gasteiger partial charge in [0, 0.05) is 6.07 Å². The number of rotatable bonds is 3. The zero-order valence-corrected chi connectivity index (χ0v) is 9.19. The van der Waals surface area contributed by atoms with E-state index in [1.165, 1.54) is 4.68 Å². The van der Waals surface area contributed by atoms with E-state index in [0.717, 1.165) is 18.2 Å². The van der Waals surface area contributed by atoms with Crippen molar-refractivity contribution in [1.82, 2.24) is 15.0 Å². The van der Waals surface area contributed by atoms with Crippen LogP contribution in [-0.2, 0) is 13.0 Å². The highest BCUT2D eigenvalue weighted by molar-refractivity contribution is 5.34. The lowest BCUT2D eigenvalue weighted by atomic mass is 10.2. The first-order chi connectivity index (χ1) is 8.15. The molecule has 1 aromatic carbocycles. The van der Waals surface area contributed by atoms with Crippen LogP contribution in [0.2, 0.25) is 0 Å². The summed E-state index contributed by atoms with van der Waals surface area (Å²) in [6.45, 7) is 1.60. The Bertz CT molecular complexity index is 519. The minimum atomic E-state index is -0.678. The zero-order chi connectivity index (χ0) is 12.4. The lowest BCUT2D eigenvalue weighted by Crippen LogP contribution is -2.04.